The van der Waals surface area contributed by atoms with E-state index < -0.39 is 53.9 Å². The average Bonchev–Trinajstić information content (AvgIpc) is 1.61. The number of likely N-dealkylation sites (tertiary alicyclic amines) is 2. The zero-order valence-corrected chi connectivity index (χ0v) is 54.3. The van der Waals surface area contributed by atoms with Crippen molar-refractivity contribution in [3.05, 3.63) is 215 Å². The van der Waals surface area contributed by atoms with E-state index in [9.17, 15) is 53.9 Å². The SMILES string of the molecule is Fc1ccc(CN2CCC3(CC2)CC(N[C@@H]2C[C@H]2c2ccccc2)CO3)cc1.O=C(N(C1COC2(CCN(Cc3ccc(F)cc3)CC2)C1)[C@@H]1C[C@H]1c1ccccc1)C(F)(F)F.O=C(N(C1COC2(CCNCC2)C1)[C@@H]1C[C@H]1c1ccccc1)C(F)(F)F.O=Cc1ccc(F)cc1. The van der Waals surface area contributed by atoms with E-state index in [0.717, 1.165) is 111 Å². The van der Waals surface area contributed by atoms with Gasteiger partial charge in [-0.2, -0.15) is 26.3 Å². The number of carbonyl (C=O) groups is 3. The van der Waals surface area contributed by atoms with Crippen molar-refractivity contribution >= 4 is 18.1 Å². The molecule has 3 unspecified atom stereocenters. The molecule has 6 aliphatic heterocycles. The predicted octanol–water partition coefficient (Wildman–Crippen LogP) is 13.5. The number of ether oxygens (including phenoxy) is 3. The van der Waals surface area contributed by atoms with Crippen LogP contribution in [-0.4, -0.2) is 162 Å². The molecule has 6 heterocycles. The van der Waals surface area contributed by atoms with Gasteiger partial charge in [0, 0.05) is 86.8 Å². The van der Waals surface area contributed by atoms with Crippen LogP contribution in [0.5, 0.6) is 0 Å². The Bertz CT molecular complexity index is 3540. The molecule has 518 valence electrons. The molecule has 6 aromatic carbocycles. The fourth-order valence-corrected chi connectivity index (χ4v) is 15.7. The van der Waals surface area contributed by atoms with E-state index in [1.54, 1.807) is 24.3 Å². The second-order valence-corrected chi connectivity index (χ2v) is 27.9. The summed E-state index contributed by atoms with van der Waals surface area (Å²) in [5.41, 5.74) is 5.31. The molecule has 3 aliphatic carbocycles. The largest absolute Gasteiger partial charge is 0.471 e. The maximum Gasteiger partial charge on any atom is 0.471 e. The van der Waals surface area contributed by atoms with Crippen molar-refractivity contribution in [1.29, 1.82) is 0 Å². The number of carbonyl (C=O) groups excluding carboxylic acids is 3. The molecule has 15 rings (SSSR count). The van der Waals surface area contributed by atoms with Crippen LogP contribution in [0.15, 0.2) is 164 Å². The Morgan fingerprint density at radius 2 is 0.856 bits per heavy atom. The van der Waals surface area contributed by atoms with Crippen LogP contribution in [0.4, 0.5) is 39.5 Å². The van der Waals surface area contributed by atoms with Gasteiger partial charge in [-0.05, 0) is 166 Å². The number of amides is 2. The molecular formula is C76H85F9N6O6. The lowest BCUT2D eigenvalue weighted by Crippen LogP contribution is -2.50. The molecule has 0 bridgehead atoms. The minimum absolute atomic E-state index is 0.0212. The van der Waals surface area contributed by atoms with Crippen LogP contribution in [0.2, 0.25) is 0 Å². The van der Waals surface area contributed by atoms with Crippen molar-refractivity contribution in [2.24, 2.45) is 0 Å². The molecule has 6 saturated heterocycles. The molecule has 9 aliphatic rings. The monoisotopic (exact) mass is 1350 g/mol. The van der Waals surface area contributed by atoms with Crippen LogP contribution in [0.3, 0.4) is 0 Å². The first kappa shape index (κ1) is 69.9. The normalized spacial score (nSPS) is 26.7. The molecule has 6 aromatic rings. The smallest absolute Gasteiger partial charge is 0.373 e. The van der Waals surface area contributed by atoms with E-state index in [4.69, 9.17) is 14.2 Å². The lowest BCUT2D eigenvalue weighted by atomic mass is 9.86. The zero-order chi connectivity index (χ0) is 68.0. The summed E-state index contributed by atoms with van der Waals surface area (Å²) in [4.78, 5) is 41.6. The number of piperidine rings is 3. The van der Waals surface area contributed by atoms with Gasteiger partial charge in [0.05, 0.1) is 48.7 Å². The summed E-state index contributed by atoms with van der Waals surface area (Å²) in [6.45, 7) is 7.97. The summed E-state index contributed by atoms with van der Waals surface area (Å²) in [6.07, 6.45) is 0.507. The van der Waals surface area contributed by atoms with Crippen molar-refractivity contribution < 1.29 is 68.1 Å². The van der Waals surface area contributed by atoms with Gasteiger partial charge < -0.3 is 34.6 Å². The summed E-state index contributed by atoms with van der Waals surface area (Å²) in [6, 6.07) is 47.6. The molecule has 21 heteroatoms. The third-order valence-electron chi connectivity index (χ3n) is 21.2. The molecule has 0 aromatic heterocycles. The van der Waals surface area contributed by atoms with Gasteiger partial charge in [0.15, 0.2) is 0 Å². The van der Waals surface area contributed by atoms with Gasteiger partial charge in [0.1, 0.15) is 23.7 Å². The standard InChI is InChI=1S/C26H28F4N2O2.C24H29FN2O.C19H23F3N2O2.C7H5FO/c27-20-8-6-18(7-9-20)16-31-12-10-25(11-13-31)15-21(17-34-25)32(24(33)26(28,29)30)23-14-22(23)19-4-2-1-3-5-19;25-20-8-6-18(7-9-20)16-27-12-10-24(11-13-27)15-21(17-28-24)26-23-14-22(23)19-4-2-1-3-5-19;20-19(21,22)17(25)24(16-10-15(16)13-4-2-1-3-5-13)14-11-18(26-12-14)6-8-23-9-7-18;8-7-3-1-6(5-9)2-4-7/h1-9,21-23H,10-17H2;1-9,21-23,26H,10-17H2;1-5,14-16,23H,6-12H2;1-5H/t2*21?,22-,23+;14?,15-,16+;/m000./s1. The number of rotatable bonds is 14. The maximum absolute atomic E-state index is 13.5. The topological polar surface area (TPSA) is 116 Å². The Labute approximate surface area is 561 Å². The van der Waals surface area contributed by atoms with Crippen molar-refractivity contribution in [2.45, 2.75) is 173 Å². The quantitative estimate of drug-likeness (QED) is 0.0807. The highest BCUT2D eigenvalue weighted by atomic mass is 19.4. The summed E-state index contributed by atoms with van der Waals surface area (Å²) in [7, 11) is 0. The first-order valence-electron chi connectivity index (χ1n) is 34.1. The fourth-order valence-electron chi connectivity index (χ4n) is 15.7. The summed E-state index contributed by atoms with van der Waals surface area (Å²) in [5, 5.41) is 7.11. The van der Waals surface area contributed by atoms with E-state index in [-0.39, 0.29) is 53.7 Å². The number of hydrogen-bond acceptors (Lipinski definition) is 10. The number of alkyl halides is 6. The molecular weight excluding hydrogens is 1260 g/mol. The van der Waals surface area contributed by atoms with E-state index in [2.05, 4.69) is 50.8 Å². The zero-order valence-electron chi connectivity index (χ0n) is 54.3. The number of nitrogens with one attached hydrogen (secondary N) is 2. The van der Waals surface area contributed by atoms with Crippen molar-refractivity contribution in [1.82, 2.24) is 30.2 Å². The minimum atomic E-state index is -4.90. The molecule has 2 N–H and O–H groups in total. The Balaban J connectivity index is 0.000000131. The second-order valence-electron chi connectivity index (χ2n) is 27.9. The first-order chi connectivity index (χ1) is 46.7. The highest BCUT2D eigenvalue weighted by molar-refractivity contribution is 5.84. The van der Waals surface area contributed by atoms with Gasteiger partial charge in [-0.1, -0.05) is 115 Å². The van der Waals surface area contributed by atoms with Crippen LogP contribution in [0.25, 0.3) is 0 Å². The van der Waals surface area contributed by atoms with E-state index >= 15 is 0 Å². The lowest BCUT2D eigenvalue weighted by molar-refractivity contribution is -0.188. The van der Waals surface area contributed by atoms with Gasteiger partial charge in [-0.3, -0.25) is 24.2 Å². The Hall–Kier alpha value is -6.98. The number of halogens is 9. The molecule has 12 nitrogen and oxygen atoms in total. The predicted molar refractivity (Wildman–Crippen MR) is 349 cm³/mol. The highest BCUT2D eigenvalue weighted by Gasteiger charge is 2.59. The number of hydrogen-bond donors (Lipinski definition) is 2. The van der Waals surface area contributed by atoms with Gasteiger partial charge in [-0.15, -0.1) is 0 Å². The molecule has 2 amide bonds. The molecule has 9 fully saturated rings. The third-order valence-corrected chi connectivity index (χ3v) is 21.2. The van der Waals surface area contributed by atoms with E-state index in [1.807, 2.05) is 72.8 Å². The third kappa shape index (κ3) is 17.9. The van der Waals surface area contributed by atoms with Crippen LogP contribution >= 0.6 is 0 Å². The van der Waals surface area contributed by atoms with Gasteiger partial charge in [-0.25, -0.2) is 13.2 Å². The summed E-state index contributed by atoms with van der Waals surface area (Å²) >= 11 is 0. The number of aldehydes is 1. The van der Waals surface area contributed by atoms with Crippen LogP contribution in [0.1, 0.15) is 133 Å². The van der Waals surface area contributed by atoms with Crippen molar-refractivity contribution in [3.63, 3.8) is 0 Å². The highest BCUT2D eigenvalue weighted by Crippen LogP contribution is 2.51. The van der Waals surface area contributed by atoms with Gasteiger partial charge in [0.2, 0.25) is 0 Å². The Morgan fingerprint density at radius 1 is 0.485 bits per heavy atom. The van der Waals surface area contributed by atoms with Gasteiger partial charge >= 0.3 is 24.2 Å². The molecule has 3 spiro atoms. The Morgan fingerprint density at radius 3 is 1.26 bits per heavy atom. The molecule has 3 saturated carbocycles. The fraction of sp³-hybridized carbons (Fsp3) is 0.487. The summed E-state index contributed by atoms with van der Waals surface area (Å²) in [5.74, 6) is -3.64. The molecule has 9 atom stereocenters. The Kier molecular flexibility index (Phi) is 21.8. The average molecular weight is 1350 g/mol. The van der Waals surface area contributed by atoms with Crippen LogP contribution < -0.4 is 10.6 Å². The molecule has 0 radical (unpaired) electrons. The number of nitrogens with zero attached hydrogens (tertiary/aromatic N) is 4. The maximum atomic E-state index is 13.5. The lowest BCUT2D eigenvalue weighted by Gasteiger charge is -2.39. The minimum Gasteiger partial charge on any atom is -0.373 e. The van der Waals surface area contributed by atoms with Crippen molar-refractivity contribution in [2.75, 3.05) is 59.1 Å². The van der Waals surface area contributed by atoms with Gasteiger partial charge in [0.25, 0.3) is 0 Å². The molecule has 97 heavy (non-hydrogen) atoms. The van der Waals surface area contributed by atoms with E-state index in [1.165, 1.54) is 53.9 Å². The second kappa shape index (κ2) is 30.2. The number of benzene rings is 6. The van der Waals surface area contributed by atoms with E-state index in [0.29, 0.717) is 74.9 Å². The van der Waals surface area contributed by atoms with Crippen LogP contribution in [0, 0.1) is 17.5 Å². The summed E-state index contributed by atoms with van der Waals surface area (Å²) < 4.78 is 137. The van der Waals surface area contributed by atoms with Crippen molar-refractivity contribution in [3.8, 4) is 0 Å². The first-order valence-corrected chi connectivity index (χ1v) is 34.1. The van der Waals surface area contributed by atoms with Crippen LogP contribution in [-0.2, 0) is 36.9 Å².